The van der Waals surface area contributed by atoms with Gasteiger partial charge < -0.3 is 4.90 Å². The van der Waals surface area contributed by atoms with Crippen molar-refractivity contribution in [3.63, 3.8) is 0 Å². The van der Waals surface area contributed by atoms with E-state index < -0.39 is 0 Å². The third-order valence-corrected chi connectivity index (χ3v) is 3.35. The molecule has 2 rings (SSSR count). The number of anilines is 1. The number of hydrogen-bond donors (Lipinski definition) is 0. The van der Waals surface area contributed by atoms with Gasteiger partial charge in [-0.15, -0.1) is 0 Å². The van der Waals surface area contributed by atoms with E-state index in [1.165, 1.54) is 16.2 Å². The van der Waals surface area contributed by atoms with Crippen molar-refractivity contribution in [3.05, 3.63) is 24.3 Å². The van der Waals surface area contributed by atoms with Gasteiger partial charge in [0.2, 0.25) is 0 Å². The van der Waals surface area contributed by atoms with Gasteiger partial charge in [-0.05, 0) is 12.1 Å². The van der Waals surface area contributed by atoms with Gasteiger partial charge >= 0.3 is 6.03 Å². The molecule has 0 bridgehead atoms. The molecule has 0 unspecified atom stereocenters. The molecular weight excluding hydrogens is 222 g/mol. The summed E-state index contributed by atoms with van der Waals surface area (Å²) in [7, 11) is 5.19. The average Bonchev–Trinajstić information content (AvgIpc) is 2.70. The lowest BCUT2D eigenvalue weighted by Gasteiger charge is -2.18. The Bertz CT molecular complexity index is 488. The van der Waals surface area contributed by atoms with Gasteiger partial charge in [-0.3, -0.25) is 4.90 Å². The molecule has 0 spiro atoms. The summed E-state index contributed by atoms with van der Waals surface area (Å²) in [5, 5.41) is 0.722. The number of fused-ring (bicyclic) bond motifs is 1. The highest BCUT2D eigenvalue weighted by Crippen LogP contribution is 2.27. The van der Waals surface area contributed by atoms with E-state index in [1.54, 1.807) is 26.0 Å². The third kappa shape index (κ3) is 1.86. The van der Waals surface area contributed by atoms with Crippen LogP contribution in [0.2, 0.25) is 0 Å². The van der Waals surface area contributed by atoms with Crippen LogP contribution in [0.5, 0.6) is 0 Å². The van der Waals surface area contributed by atoms with E-state index in [0.717, 1.165) is 15.3 Å². The van der Waals surface area contributed by atoms with Crippen molar-refractivity contribution in [2.24, 2.45) is 0 Å². The fourth-order valence-electron chi connectivity index (χ4n) is 1.39. The molecule has 0 saturated heterocycles. The van der Waals surface area contributed by atoms with Crippen LogP contribution in [0.15, 0.2) is 24.3 Å². The first-order valence-corrected chi connectivity index (χ1v) is 5.72. The van der Waals surface area contributed by atoms with E-state index in [0.29, 0.717) is 0 Å². The largest absolute Gasteiger partial charge is 0.330 e. The van der Waals surface area contributed by atoms with Crippen molar-refractivity contribution in [2.45, 2.75) is 0 Å². The van der Waals surface area contributed by atoms with Gasteiger partial charge in [0.15, 0.2) is 5.13 Å². The maximum absolute atomic E-state index is 11.7. The number of urea groups is 1. The Hall–Kier alpha value is -1.62. The van der Waals surface area contributed by atoms with E-state index in [-0.39, 0.29) is 6.03 Å². The zero-order valence-electron chi connectivity index (χ0n) is 9.47. The molecule has 0 aliphatic carbocycles. The van der Waals surface area contributed by atoms with Gasteiger partial charge in [0, 0.05) is 21.1 Å². The molecule has 2 aromatic rings. The standard InChI is InChI=1S/C11H13N3OS/c1-13(2)11(15)14(3)10-12-8-6-4-5-7-9(8)16-10/h4-7H,1-3H3. The van der Waals surface area contributed by atoms with Gasteiger partial charge in [-0.2, -0.15) is 0 Å². The molecule has 0 N–H and O–H groups in total. The lowest BCUT2D eigenvalue weighted by Crippen LogP contribution is -2.36. The van der Waals surface area contributed by atoms with Crippen LogP contribution in [0.3, 0.4) is 0 Å². The topological polar surface area (TPSA) is 36.4 Å². The van der Waals surface area contributed by atoms with Gasteiger partial charge in [0.1, 0.15) is 0 Å². The van der Waals surface area contributed by atoms with Crippen LogP contribution < -0.4 is 4.90 Å². The van der Waals surface area contributed by atoms with Crippen LogP contribution >= 0.6 is 11.3 Å². The third-order valence-electron chi connectivity index (χ3n) is 2.24. The molecule has 1 aromatic heterocycles. The molecule has 84 valence electrons. The predicted molar refractivity (Wildman–Crippen MR) is 67.1 cm³/mol. The smallest absolute Gasteiger partial charge is 0.325 e. The average molecular weight is 235 g/mol. The number of para-hydroxylation sites is 1. The van der Waals surface area contributed by atoms with Crippen molar-refractivity contribution in [2.75, 3.05) is 26.0 Å². The summed E-state index contributed by atoms with van der Waals surface area (Å²) < 4.78 is 1.09. The normalized spacial score (nSPS) is 10.4. The number of carbonyl (C=O) groups excluding carboxylic acids is 1. The number of rotatable bonds is 1. The second-order valence-electron chi connectivity index (χ2n) is 3.70. The minimum atomic E-state index is -0.0703. The molecule has 5 heteroatoms. The van der Waals surface area contributed by atoms with Crippen LogP contribution in [0, 0.1) is 0 Å². The van der Waals surface area contributed by atoms with Crippen LogP contribution in [0.4, 0.5) is 9.93 Å². The molecule has 0 aliphatic heterocycles. The molecule has 1 aromatic carbocycles. The number of benzene rings is 1. The number of thiazole rings is 1. The number of amides is 2. The van der Waals surface area contributed by atoms with Crippen LogP contribution in [0.25, 0.3) is 10.2 Å². The fraction of sp³-hybridized carbons (Fsp3) is 0.273. The summed E-state index contributed by atoms with van der Waals surface area (Å²) in [6.07, 6.45) is 0. The zero-order valence-corrected chi connectivity index (χ0v) is 10.3. The Morgan fingerprint density at radius 3 is 2.56 bits per heavy atom. The summed E-state index contributed by atoms with van der Waals surface area (Å²) in [4.78, 5) is 19.2. The van der Waals surface area contributed by atoms with Crippen LogP contribution in [0.1, 0.15) is 0 Å². The number of aromatic nitrogens is 1. The van der Waals surface area contributed by atoms with Crippen LogP contribution in [-0.4, -0.2) is 37.1 Å². The number of nitrogens with zero attached hydrogens (tertiary/aromatic N) is 3. The van der Waals surface area contributed by atoms with Crippen molar-refractivity contribution in [3.8, 4) is 0 Å². The molecule has 0 saturated carbocycles. The number of carbonyl (C=O) groups is 1. The Morgan fingerprint density at radius 1 is 1.25 bits per heavy atom. The summed E-state index contributed by atoms with van der Waals surface area (Å²) in [6.45, 7) is 0. The molecule has 1 heterocycles. The second-order valence-corrected chi connectivity index (χ2v) is 4.71. The van der Waals surface area contributed by atoms with E-state index in [1.807, 2.05) is 24.3 Å². The van der Waals surface area contributed by atoms with E-state index in [4.69, 9.17) is 0 Å². The second kappa shape index (κ2) is 4.09. The molecule has 0 fully saturated rings. The van der Waals surface area contributed by atoms with E-state index >= 15 is 0 Å². The van der Waals surface area contributed by atoms with Gasteiger partial charge in [0.05, 0.1) is 10.2 Å². The molecular formula is C11H13N3OS. The fourth-order valence-corrected chi connectivity index (χ4v) is 2.31. The first-order chi connectivity index (χ1) is 7.59. The first kappa shape index (κ1) is 10.9. The van der Waals surface area contributed by atoms with E-state index in [2.05, 4.69) is 4.98 Å². The van der Waals surface area contributed by atoms with Crippen molar-refractivity contribution in [1.29, 1.82) is 0 Å². The zero-order chi connectivity index (χ0) is 11.7. The lowest BCUT2D eigenvalue weighted by molar-refractivity contribution is 0.225. The molecule has 16 heavy (non-hydrogen) atoms. The van der Waals surface area contributed by atoms with Crippen molar-refractivity contribution < 1.29 is 4.79 Å². The summed E-state index contributed by atoms with van der Waals surface area (Å²) in [5.74, 6) is 0. The van der Waals surface area contributed by atoms with Gasteiger partial charge in [0.25, 0.3) is 0 Å². The monoisotopic (exact) mass is 235 g/mol. The predicted octanol–water partition coefficient (Wildman–Crippen LogP) is 2.41. The highest BCUT2D eigenvalue weighted by molar-refractivity contribution is 7.22. The molecule has 0 aliphatic rings. The summed E-state index contributed by atoms with van der Waals surface area (Å²) >= 11 is 1.52. The molecule has 0 radical (unpaired) electrons. The van der Waals surface area contributed by atoms with Crippen molar-refractivity contribution >= 4 is 32.7 Å². The Balaban J connectivity index is 2.37. The maximum Gasteiger partial charge on any atom is 0.325 e. The molecule has 4 nitrogen and oxygen atoms in total. The highest BCUT2D eigenvalue weighted by atomic mass is 32.1. The quantitative estimate of drug-likeness (QED) is 0.761. The maximum atomic E-state index is 11.7. The minimum Gasteiger partial charge on any atom is -0.330 e. The lowest BCUT2D eigenvalue weighted by atomic mass is 10.3. The SMILES string of the molecule is CN(C)C(=O)N(C)c1nc2ccccc2s1. The first-order valence-electron chi connectivity index (χ1n) is 4.90. The summed E-state index contributed by atoms with van der Waals surface area (Å²) in [6, 6.07) is 7.80. The van der Waals surface area contributed by atoms with E-state index in [9.17, 15) is 4.79 Å². The van der Waals surface area contributed by atoms with Crippen LogP contribution in [-0.2, 0) is 0 Å². The number of hydrogen-bond acceptors (Lipinski definition) is 3. The van der Waals surface area contributed by atoms with Gasteiger partial charge in [-0.25, -0.2) is 9.78 Å². The highest BCUT2D eigenvalue weighted by Gasteiger charge is 2.16. The minimum absolute atomic E-state index is 0.0703. The Morgan fingerprint density at radius 2 is 1.94 bits per heavy atom. The molecule has 0 atom stereocenters. The van der Waals surface area contributed by atoms with Gasteiger partial charge in [-0.1, -0.05) is 23.5 Å². The molecule has 2 amide bonds. The Labute approximate surface area is 98.1 Å². The van der Waals surface area contributed by atoms with Crippen molar-refractivity contribution in [1.82, 2.24) is 9.88 Å². The summed E-state index contributed by atoms with van der Waals surface area (Å²) in [5.41, 5.74) is 0.931. The Kier molecular flexibility index (Phi) is 2.78.